The third-order valence-corrected chi connectivity index (χ3v) is 3.68. The second-order valence-electron chi connectivity index (χ2n) is 4.97. The SMILES string of the molecule is CC(NCCC1CCC1)c1ccc(O)cc1F. The molecule has 0 spiro atoms. The molecule has 0 saturated heterocycles. The zero-order valence-corrected chi connectivity index (χ0v) is 10.2. The van der Waals surface area contributed by atoms with Crippen LogP contribution in [0, 0.1) is 11.7 Å². The fourth-order valence-corrected chi connectivity index (χ4v) is 2.26. The molecule has 0 aromatic heterocycles. The van der Waals surface area contributed by atoms with E-state index in [2.05, 4.69) is 5.32 Å². The number of hydrogen-bond donors (Lipinski definition) is 2. The van der Waals surface area contributed by atoms with Crippen LogP contribution in [0.2, 0.25) is 0 Å². The summed E-state index contributed by atoms with van der Waals surface area (Å²) in [4.78, 5) is 0. The molecule has 1 atom stereocenters. The topological polar surface area (TPSA) is 32.3 Å². The van der Waals surface area contributed by atoms with Crippen LogP contribution in [-0.2, 0) is 0 Å². The lowest BCUT2D eigenvalue weighted by Crippen LogP contribution is -2.24. The molecule has 1 aromatic rings. The van der Waals surface area contributed by atoms with E-state index >= 15 is 0 Å². The van der Waals surface area contributed by atoms with E-state index in [1.54, 1.807) is 6.07 Å². The Balaban J connectivity index is 1.83. The Bertz CT molecular complexity index is 376. The van der Waals surface area contributed by atoms with Crippen molar-refractivity contribution in [1.82, 2.24) is 5.32 Å². The minimum atomic E-state index is -0.339. The van der Waals surface area contributed by atoms with Crippen molar-refractivity contribution in [1.29, 1.82) is 0 Å². The van der Waals surface area contributed by atoms with E-state index in [0.29, 0.717) is 5.56 Å². The molecule has 1 saturated carbocycles. The van der Waals surface area contributed by atoms with Crippen molar-refractivity contribution in [3.8, 4) is 5.75 Å². The van der Waals surface area contributed by atoms with E-state index in [-0.39, 0.29) is 17.6 Å². The van der Waals surface area contributed by atoms with E-state index in [9.17, 15) is 4.39 Å². The molecule has 0 bridgehead atoms. The zero-order chi connectivity index (χ0) is 12.3. The molecule has 2 nitrogen and oxygen atoms in total. The molecule has 3 heteroatoms. The van der Waals surface area contributed by atoms with Crippen molar-refractivity contribution in [3.05, 3.63) is 29.6 Å². The van der Waals surface area contributed by atoms with Gasteiger partial charge in [0, 0.05) is 17.7 Å². The van der Waals surface area contributed by atoms with Gasteiger partial charge in [0.15, 0.2) is 0 Å². The van der Waals surface area contributed by atoms with Gasteiger partial charge in [0.2, 0.25) is 0 Å². The highest BCUT2D eigenvalue weighted by Gasteiger charge is 2.17. The highest BCUT2D eigenvalue weighted by molar-refractivity contribution is 5.29. The minimum absolute atomic E-state index is 0.00400. The molecular weight excluding hydrogens is 217 g/mol. The Morgan fingerprint density at radius 1 is 1.47 bits per heavy atom. The van der Waals surface area contributed by atoms with Crippen LogP contribution < -0.4 is 5.32 Å². The van der Waals surface area contributed by atoms with Crippen LogP contribution in [0.25, 0.3) is 0 Å². The van der Waals surface area contributed by atoms with Gasteiger partial charge in [0.05, 0.1) is 0 Å². The third kappa shape index (κ3) is 3.19. The zero-order valence-electron chi connectivity index (χ0n) is 10.2. The lowest BCUT2D eigenvalue weighted by Gasteiger charge is -2.26. The number of aromatic hydroxyl groups is 1. The van der Waals surface area contributed by atoms with Gasteiger partial charge in [0.1, 0.15) is 11.6 Å². The molecule has 2 rings (SSSR count). The summed E-state index contributed by atoms with van der Waals surface area (Å²) in [6.45, 7) is 2.89. The van der Waals surface area contributed by atoms with Gasteiger partial charge in [-0.05, 0) is 31.9 Å². The first-order chi connectivity index (χ1) is 8.16. The van der Waals surface area contributed by atoms with Gasteiger partial charge in [-0.25, -0.2) is 4.39 Å². The van der Waals surface area contributed by atoms with Crippen LogP contribution in [0.1, 0.15) is 44.2 Å². The molecule has 0 aliphatic heterocycles. The highest BCUT2D eigenvalue weighted by atomic mass is 19.1. The number of hydrogen-bond acceptors (Lipinski definition) is 2. The van der Waals surface area contributed by atoms with Crippen molar-refractivity contribution in [2.24, 2.45) is 5.92 Å². The Hall–Kier alpha value is -1.09. The van der Waals surface area contributed by atoms with Crippen molar-refractivity contribution in [3.63, 3.8) is 0 Å². The molecule has 17 heavy (non-hydrogen) atoms. The maximum atomic E-state index is 13.6. The summed E-state index contributed by atoms with van der Waals surface area (Å²) in [5.74, 6) is 0.515. The van der Waals surface area contributed by atoms with E-state index in [1.807, 2.05) is 6.92 Å². The summed E-state index contributed by atoms with van der Waals surface area (Å²) in [6.07, 6.45) is 5.25. The van der Waals surface area contributed by atoms with Gasteiger partial charge in [-0.2, -0.15) is 0 Å². The number of rotatable bonds is 5. The molecule has 1 unspecified atom stereocenters. The van der Waals surface area contributed by atoms with Crippen LogP contribution in [0.15, 0.2) is 18.2 Å². The molecule has 1 aromatic carbocycles. The number of phenols is 1. The van der Waals surface area contributed by atoms with E-state index in [4.69, 9.17) is 5.11 Å². The normalized spacial score (nSPS) is 17.8. The highest BCUT2D eigenvalue weighted by Crippen LogP contribution is 2.29. The largest absolute Gasteiger partial charge is 0.508 e. The van der Waals surface area contributed by atoms with Crippen LogP contribution in [-0.4, -0.2) is 11.7 Å². The standard InChI is InChI=1S/C14H20FNO/c1-10(16-8-7-11-3-2-4-11)13-6-5-12(17)9-14(13)15/h5-6,9-11,16-17H,2-4,7-8H2,1H3. The third-order valence-electron chi connectivity index (χ3n) is 3.68. The van der Waals surface area contributed by atoms with Crippen LogP contribution in [0.5, 0.6) is 5.75 Å². The monoisotopic (exact) mass is 237 g/mol. The summed E-state index contributed by atoms with van der Waals surface area (Å²) in [5, 5.41) is 12.5. The predicted octanol–water partition coefficient (Wildman–Crippen LogP) is 3.37. The molecule has 94 valence electrons. The van der Waals surface area contributed by atoms with Crippen molar-refractivity contribution in [2.45, 2.75) is 38.6 Å². The van der Waals surface area contributed by atoms with Crippen molar-refractivity contribution in [2.75, 3.05) is 6.54 Å². The molecule has 1 aliphatic carbocycles. The van der Waals surface area contributed by atoms with Crippen molar-refractivity contribution >= 4 is 0 Å². The molecule has 0 amide bonds. The number of nitrogens with one attached hydrogen (secondary N) is 1. The maximum absolute atomic E-state index is 13.6. The second-order valence-corrected chi connectivity index (χ2v) is 4.97. The molecular formula is C14H20FNO. The molecule has 0 heterocycles. The minimum Gasteiger partial charge on any atom is -0.508 e. The number of benzene rings is 1. The van der Waals surface area contributed by atoms with E-state index in [0.717, 1.165) is 12.5 Å². The summed E-state index contributed by atoms with van der Waals surface area (Å²) < 4.78 is 13.6. The Kier molecular flexibility index (Phi) is 4.00. The van der Waals surface area contributed by atoms with Gasteiger partial charge in [-0.1, -0.05) is 25.3 Å². The molecule has 1 fully saturated rings. The predicted molar refractivity (Wildman–Crippen MR) is 66.4 cm³/mol. The average molecular weight is 237 g/mol. The average Bonchev–Trinajstić information content (AvgIpc) is 2.21. The fourth-order valence-electron chi connectivity index (χ4n) is 2.26. The number of phenolic OH excluding ortho intramolecular Hbond substituents is 1. The first-order valence-corrected chi connectivity index (χ1v) is 6.38. The molecule has 2 N–H and O–H groups in total. The first-order valence-electron chi connectivity index (χ1n) is 6.38. The van der Waals surface area contributed by atoms with Gasteiger partial charge in [-0.3, -0.25) is 0 Å². The Labute approximate surface area is 102 Å². The Morgan fingerprint density at radius 3 is 2.82 bits per heavy atom. The smallest absolute Gasteiger partial charge is 0.131 e. The Morgan fingerprint density at radius 2 is 2.24 bits per heavy atom. The maximum Gasteiger partial charge on any atom is 0.131 e. The summed E-state index contributed by atoms with van der Waals surface area (Å²) in [5.41, 5.74) is 0.622. The van der Waals surface area contributed by atoms with Gasteiger partial charge in [0.25, 0.3) is 0 Å². The van der Waals surface area contributed by atoms with Crippen molar-refractivity contribution < 1.29 is 9.50 Å². The number of halogens is 1. The van der Waals surface area contributed by atoms with Gasteiger partial charge >= 0.3 is 0 Å². The van der Waals surface area contributed by atoms with E-state index < -0.39 is 0 Å². The molecule has 0 radical (unpaired) electrons. The summed E-state index contributed by atoms with van der Waals surface area (Å²) in [6, 6.07) is 4.34. The second kappa shape index (κ2) is 5.50. The van der Waals surface area contributed by atoms with E-state index in [1.165, 1.54) is 37.8 Å². The lowest BCUT2D eigenvalue weighted by molar-refractivity contribution is 0.288. The van der Waals surface area contributed by atoms with Crippen LogP contribution in [0.3, 0.4) is 0 Å². The fraction of sp³-hybridized carbons (Fsp3) is 0.571. The first kappa shape index (κ1) is 12.4. The summed E-state index contributed by atoms with van der Waals surface area (Å²) in [7, 11) is 0. The lowest BCUT2D eigenvalue weighted by atomic mass is 9.83. The quantitative estimate of drug-likeness (QED) is 0.823. The molecule has 1 aliphatic rings. The van der Waals surface area contributed by atoms with Crippen LogP contribution >= 0.6 is 0 Å². The van der Waals surface area contributed by atoms with Gasteiger partial charge in [-0.15, -0.1) is 0 Å². The summed E-state index contributed by atoms with van der Waals surface area (Å²) >= 11 is 0. The van der Waals surface area contributed by atoms with Crippen LogP contribution in [0.4, 0.5) is 4.39 Å². The van der Waals surface area contributed by atoms with Gasteiger partial charge < -0.3 is 10.4 Å².